The van der Waals surface area contributed by atoms with E-state index in [2.05, 4.69) is 141 Å². The maximum absolute atomic E-state index is 7.75. The van der Waals surface area contributed by atoms with E-state index in [0.29, 0.717) is 6.04 Å². The fraction of sp³-hybridized carbons (Fsp3) is 0.391. The minimum Gasteiger partial charge on any atom is -0.545 e. The number of nitrogens with zero attached hydrogens (tertiary/aromatic N) is 5. The van der Waals surface area contributed by atoms with Gasteiger partial charge < -0.3 is 99.1 Å². The molecule has 3 fully saturated rings. The number of rotatable bonds is 15. The van der Waals surface area contributed by atoms with Crippen molar-refractivity contribution in [3.63, 3.8) is 0 Å². The van der Waals surface area contributed by atoms with E-state index in [1.165, 1.54) is 83.0 Å². The molecule has 3 aromatic heterocycles. The molecule has 23 heteroatoms. The summed E-state index contributed by atoms with van der Waals surface area (Å²) in [6.07, 6.45) is 19.1. The van der Waals surface area contributed by atoms with Gasteiger partial charge in [-0.15, -0.1) is 0 Å². The Balaban J connectivity index is -0.000000130. The number of hydrogen-bond acceptors (Lipinski definition) is 17. The van der Waals surface area contributed by atoms with E-state index in [9.17, 15) is 0 Å². The fourth-order valence-electron chi connectivity index (χ4n) is 10.1. The molecule has 0 amide bonds. The van der Waals surface area contributed by atoms with E-state index in [1.807, 2.05) is 79.3 Å². The van der Waals surface area contributed by atoms with Crippen molar-refractivity contribution < 1.29 is 89.6 Å². The molecule has 0 bridgehead atoms. The molecule has 3 heterocycles. The summed E-state index contributed by atoms with van der Waals surface area (Å²) in [5.74, 6) is 3.19. The fourth-order valence-corrected chi connectivity index (χ4v) is 10.6. The molecular weight excluding hydrogens is 1290 g/mol. The molecule has 491 valence electrons. The minimum absolute atomic E-state index is 0. The van der Waals surface area contributed by atoms with E-state index in [0.717, 1.165) is 109 Å². The van der Waals surface area contributed by atoms with Crippen LogP contribution in [0.2, 0.25) is 15.1 Å². The van der Waals surface area contributed by atoms with E-state index < -0.39 is 0 Å². The summed E-state index contributed by atoms with van der Waals surface area (Å²) >= 11 is 18.1. The Hall–Kier alpha value is -5.04. The third kappa shape index (κ3) is 37.5. The number of halogens is 3. The first-order valence-electron chi connectivity index (χ1n) is 25.4. The zero-order chi connectivity index (χ0) is 60.8. The quantitative estimate of drug-likeness (QED) is 0.0324. The molecule has 4 unspecified atom stereocenters. The Morgan fingerprint density at radius 1 is 0.414 bits per heavy atom. The second-order valence-electron chi connectivity index (χ2n) is 18.6. The van der Waals surface area contributed by atoms with E-state index in [4.69, 9.17) is 73.2 Å². The number of carbonyl (C=O) groups excluding carboxylic acids is 8. The molecule has 9 rings (SSSR count). The Morgan fingerprint density at radius 3 is 1.14 bits per heavy atom. The summed E-state index contributed by atoms with van der Waals surface area (Å²) in [7, 11) is 8.67. The first-order chi connectivity index (χ1) is 39.1. The first-order valence-corrected chi connectivity index (χ1v) is 26.5. The molecule has 87 heavy (non-hydrogen) atoms. The average Bonchev–Trinajstić information content (AvgIpc) is 4.32. The molecule has 3 saturated carbocycles. The largest absolute Gasteiger partial charge is 0.545 e. The molecule has 3 aromatic carbocycles. The maximum atomic E-state index is 7.75. The van der Waals surface area contributed by atoms with Crippen molar-refractivity contribution in [2.24, 2.45) is 23.7 Å². The van der Waals surface area contributed by atoms with Crippen LogP contribution in [-0.4, -0.2) is 153 Å². The Morgan fingerprint density at radius 2 is 0.747 bits per heavy atom. The van der Waals surface area contributed by atoms with Gasteiger partial charge in [-0.3, -0.25) is 69.3 Å². The van der Waals surface area contributed by atoms with Gasteiger partial charge in [0.05, 0.1) is 16.6 Å². The molecule has 4 atom stereocenters. The molecule has 4 N–H and O–H groups in total. The number of nitrogens with one attached hydrogen (secondary N) is 4. The van der Waals surface area contributed by atoms with Crippen LogP contribution in [0.3, 0.4) is 0 Å². The molecule has 6 aromatic rings. The molecule has 0 saturated heterocycles. The van der Waals surface area contributed by atoms with Crippen LogP contribution in [0.5, 0.6) is 0 Å². The van der Waals surface area contributed by atoms with Crippen molar-refractivity contribution in [1.29, 1.82) is 0 Å². The van der Waals surface area contributed by atoms with E-state index >= 15 is 0 Å². The van der Waals surface area contributed by atoms with Crippen LogP contribution < -0.4 is 21.3 Å². The van der Waals surface area contributed by atoms with Crippen molar-refractivity contribution in [1.82, 2.24) is 30.1 Å². The third-order valence-corrected chi connectivity index (χ3v) is 14.0. The number of pyridine rings is 3. The van der Waals surface area contributed by atoms with Gasteiger partial charge in [-0.05, 0) is 163 Å². The first kappa shape index (κ1) is 101. The maximum Gasteiger partial charge on any atom is 0.0737 e. The molecule has 0 spiro atoms. The summed E-state index contributed by atoms with van der Waals surface area (Å²) in [5, 5.41) is 20.1. The van der Waals surface area contributed by atoms with Crippen molar-refractivity contribution in [3.05, 3.63) is 136 Å². The van der Waals surface area contributed by atoms with Crippen molar-refractivity contribution in [3.8, 4) is 0 Å². The number of fused-ring (bicyclic) bond motifs is 3. The normalized spacial score (nSPS) is 15.0. The number of aromatic nitrogens is 3. The van der Waals surface area contributed by atoms with Crippen molar-refractivity contribution in [2.45, 2.75) is 70.3 Å². The van der Waals surface area contributed by atoms with Crippen LogP contribution in [-0.2, 0) is 89.6 Å². The zero-order valence-electron chi connectivity index (χ0n) is 51.2. The SMILES string of the molecule is CN(C)CC1CCCC1CNc1ccnc2cc(Cl)ccc12.CN(C)CC1CCCC1NCCNc1ccnc2cc(Cl)ccc12.Clc1ccc2c(NCC3CCCC3)ccnc2c1.[CH-]=O.[CH-]=O.[CH-]=O.[CH-]=O.[CH-]=O.[CH-]=O.[CH-]=O.[CH-]=O.[CH3-].[CH3-].[CH3-].[CH3-].[Mn].[Mn].[Mn]. The molecular formula is C64H88Cl3Mn3N9O8-12. The Kier molecular flexibility index (Phi) is 74.2. The standard InChI is InChI=1S/C19H27ClN4.C18H24ClN3.C15H17ClN2.8CHO.4CH3.3Mn/c1-24(2)13-14-4-3-5-17(14)22-10-11-23-18-8-9-21-19-12-15(20)6-7-16(18)19;1-22(2)12-14-5-3-4-13(14)11-21-17-8-9-20-18-10-15(19)6-7-16(17)18;16-12-5-6-13-14(7-8-17-15(13)9-12)18-10-11-3-1-2-4-11;8*1-2;;;;;;;/h6-9,12,14,17,22H,3-5,10-11,13H2,1-2H3,(H,21,23);6-10,13-14H,3-5,11-12H2,1-2H3,(H,20,21);5-9,11H,1-4,10H2,(H,17,18);8*1H;4*1H3;;;/q;;;12*-1;;;. The van der Waals surface area contributed by atoms with Gasteiger partial charge in [0.25, 0.3) is 0 Å². The predicted octanol–water partition coefficient (Wildman–Crippen LogP) is 12.0. The minimum atomic E-state index is 0. The molecule has 3 aliphatic carbocycles. The third-order valence-electron chi connectivity index (χ3n) is 13.2. The van der Waals surface area contributed by atoms with Crippen LogP contribution in [0.1, 0.15) is 64.2 Å². The van der Waals surface area contributed by atoms with Gasteiger partial charge in [0, 0.05) is 163 Å². The second-order valence-corrected chi connectivity index (χ2v) is 19.9. The Labute approximate surface area is 568 Å². The molecule has 3 radical (unpaired) electrons. The van der Waals surface area contributed by atoms with Gasteiger partial charge in [-0.2, -0.15) is 0 Å². The van der Waals surface area contributed by atoms with Gasteiger partial charge in [0.15, 0.2) is 0 Å². The van der Waals surface area contributed by atoms with Crippen LogP contribution in [0.15, 0.2) is 91.4 Å². The summed E-state index contributed by atoms with van der Waals surface area (Å²) in [5.41, 5.74) is 6.30. The second kappa shape index (κ2) is 64.0. The van der Waals surface area contributed by atoms with Crippen molar-refractivity contribution >= 4 is 139 Å². The van der Waals surface area contributed by atoms with Crippen molar-refractivity contribution in [2.75, 3.05) is 83.4 Å². The number of anilines is 3. The van der Waals surface area contributed by atoms with Gasteiger partial charge in [0.2, 0.25) is 0 Å². The van der Waals surface area contributed by atoms with Gasteiger partial charge >= 0.3 is 0 Å². The van der Waals surface area contributed by atoms with E-state index in [-0.39, 0.29) is 80.9 Å². The van der Waals surface area contributed by atoms with Crippen LogP contribution in [0.25, 0.3) is 32.7 Å². The molecule has 3 aliphatic rings. The number of benzene rings is 3. The van der Waals surface area contributed by atoms with Crippen LogP contribution in [0, 0.1) is 53.4 Å². The van der Waals surface area contributed by atoms with Gasteiger partial charge in [-0.1, -0.05) is 60.5 Å². The van der Waals surface area contributed by atoms with Gasteiger partial charge in [0.1, 0.15) is 0 Å². The zero-order valence-corrected chi connectivity index (χ0v) is 57.1. The molecule has 0 aliphatic heterocycles. The van der Waals surface area contributed by atoms with Gasteiger partial charge in [-0.25, -0.2) is 0 Å². The van der Waals surface area contributed by atoms with E-state index in [1.54, 1.807) is 0 Å². The van der Waals surface area contributed by atoms with Crippen LogP contribution >= 0.6 is 34.8 Å². The predicted molar refractivity (Wildman–Crippen MR) is 354 cm³/mol. The Bertz CT molecular complexity index is 2560. The summed E-state index contributed by atoms with van der Waals surface area (Å²) in [6.45, 7) is 32.4. The topological polar surface area (TPSA) is 230 Å². The van der Waals surface area contributed by atoms with Crippen LogP contribution in [0.4, 0.5) is 17.1 Å². The molecule has 17 nitrogen and oxygen atoms in total. The summed E-state index contributed by atoms with van der Waals surface area (Å²) in [4.78, 5) is 79.8. The smallest absolute Gasteiger partial charge is 0.0737 e. The summed E-state index contributed by atoms with van der Waals surface area (Å²) < 4.78 is 0. The number of hydrogen-bond donors (Lipinski definition) is 4. The summed E-state index contributed by atoms with van der Waals surface area (Å²) in [6, 6.07) is 24.4. The average molecular weight is 1380 g/mol. The monoisotopic (exact) mass is 1380 g/mol.